The summed E-state index contributed by atoms with van der Waals surface area (Å²) in [6.07, 6.45) is 3.89. The first-order chi connectivity index (χ1) is 30.8. The summed E-state index contributed by atoms with van der Waals surface area (Å²) < 4.78 is 86.6. The first-order valence-electron chi connectivity index (χ1n) is 19.4. The molecule has 10 aromatic rings. The molecule has 64 heavy (non-hydrogen) atoms. The van der Waals surface area contributed by atoms with Crippen LogP contribution in [-0.2, 0) is 35.5 Å². The van der Waals surface area contributed by atoms with E-state index >= 15 is 0 Å². The Labute approximate surface area is 366 Å². The molecule has 2 N–H and O–H groups in total. The minimum Gasteiger partial charge on any atom is -0.480 e. The number of halogens is 6. The summed E-state index contributed by atoms with van der Waals surface area (Å²) in [5.74, 6) is -8.60. The molecule has 10 rings (SSSR count). The second kappa shape index (κ2) is 17.1. The third-order valence-corrected chi connectivity index (χ3v) is 12.7. The summed E-state index contributed by atoms with van der Waals surface area (Å²) in [5.41, 5.74) is 6.20. The van der Waals surface area contributed by atoms with Crippen molar-refractivity contribution in [2.45, 2.75) is 25.9 Å². The smallest absolute Gasteiger partial charge is 0.323 e. The minimum atomic E-state index is -1.28. The van der Waals surface area contributed by atoms with Gasteiger partial charge >= 0.3 is 11.9 Å². The van der Waals surface area contributed by atoms with Crippen molar-refractivity contribution in [1.29, 1.82) is 0 Å². The van der Waals surface area contributed by atoms with Gasteiger partial charge in [-0.05, 0) is 45.5 Å². The first kappa shape index (κ1) is 42.0. The van der Waals surface area contributed by atoms with E-state index in [2.05, 4.69) is 9.97 Å². The lowest BCUT2D eigenvalue weighted by atomic mass is 10.0. The van der Waals surface area contributed by atoms with E-state index in [0.717, 1.165) is 77.9 Å². The first-order valence-corrected chi connectivity index (χ1v) is 21.1. The van der Waals surface area contributed by atoms with Crippen molar-refractivity contribution in [3.63, 3.8) is 0 Å². The number of nitrogens with zero attached hydrogens (tertiary/aromatic N) is 4. The fourth-order valence-corrected chi connectivity index (χ4v) is 9.70. The third-order valence-electron chi connectivity index (χ3n) is 10.6. The van der Waals surface area contributed by atoms with Crippen molar-refractivity contribution in [2.24, 2.45) is 0 Å². The van der Waals surface area contributed by atoms with Crippen LogP contribution in [0.3, 0.4) is 0 Å². The number of hydrogen-bond acceptors (Lipinski definition) is 6. The number of thiazole rings is 2. The van der Waals surface area contributed by atoms with Gasteiger partial charge in [-0.25, -0.2) is 36.3 Å². The highest BCUT2D eigenvalue weighted by Gasteiger charge is 2.21. The van der Waals surface area contributed by atoms with Crippen LogP contribution in [0.2, 0.25) is 0 Å². The zero-order valence-electron chi connectivity index (χ0n) is 33.0. The second-order valence-corrected chi connectivity index (χ2v) is 16.9. The zero-order chi connectivity index (χ0) is 44.8. The molecule has 0 radical (unpaired) electrons. The maximum atomic E-state index is 14.1. The third kappa shape index (κ3) is 8.20. The lowest BCUT2D eigenvalue weighted by Gasteiger charge is -2.05. The molecule has 4 aromatic heterocycles. The number of carbonyl (C=O) groups is 2. The van der Waals surface area contributed by atoms with Gasteiger partial charge in [-0.15, -0.1) is 22.7 Å². The Bertz CT molecular complexity index is 3210. The Hall–Kier alpha value is -7.30. The number of aliphatic carboxylic acids is 2. The quantitative estimate of drug-likeness (QED) is 0.104. The van der Waals surface area contributed by atoms with E-state index in [1.54, 1.807) is 21.5 Å². The van der Waals surface area contributed by atoms with Crippen molar-refractivity contribution in [3.8, 4) is 22.3 Å². The Morgan fingerprint density at radius 2 is 0.891 bits per heavy atom. The van der Waals surface area contributed by atoms with Gasteiger partial charge in [0.1, 0.15) is 35.8 Å². The van der Waals surface area contributed by atoms with E-state index in [1.165, 1.54) is 0 Å². The van der Waals surface area contributed by atoms with E-state index in [-0.39, 0.29) is 46.4 Å². The summed E-state index contributed by atoms with van der Waals surface area (Å²) in [5, 5.41) is 21.1. The van der Waals surface area contributed by atoms with E-state index < -0.39 is 46.8 Å². The normalized spacial score (nSPS) is 11.5. The molecule has 16 heteroatoms. The van der Waals surface area contributed by atoms with Gasteiger partial charge in [0, 0.05) is 59.2 Å². The molecule has 0 saturated heterocycles. The van der Waals surface area contributed by atoms with Crippen LogP contribution >= 0.6 is 22.7 Å². The Kier molecular flexibility index (Phi) is 11.2. The molecule has 0 aliphatic rings. The average molecular weight is 905 g/mol. The molecule has 0 atom stereocenters. The molecule has 0 saturated carbocycles. The fraction of sp³-hybridized carbons (Fsp3) is 0.0833. The predicted molar refractivity (Wildman–Crippen MR) is 235 cm³/mol. The van der Waals surface area contributed by atoms with Gasteiger partial charge in [0.15, 0.2) is 23.3 Å². The van der Waals surface area contributed by atoms with Crippen LogP contribution in [0.25, 0.3) is 64.5 Å². The predicted octanol–water partition coefficient (Wildman–Crippen LogP) is 12.0. The molecular formula is C48H30F6N4O4S2. The number of carboxylic acids is 2. The van der Waals surface area contributed by atoms with Crippen molar-refractivity contribution in [3.05, 3.63) is 178 Å². The molecule has 0 aliphatic heterocycles. The topological polar surface area (TPSA) is 110 Å². The van der Waals surface area contributed by atoms with Gasteiger partial charge in [0.25, 0.3) is 0 Å². The Morgan fingerprint density at radius 1 is 0.500 bits per heavy atom. The highest BCUT2D eigenvalue weighted by Crippen LogP contribution is 2.35. The minimum absolute atomic E-state index is 0.0421. The Balaban J connectivity index is 0.000000162. The number of rotatable bonds is 10. The van der Waals surface area contributed by atoms with Gasteiger partial charge in [-0.1, -0.05) is 84.9 Å². The highest BCUT2D eigenvalue weighted by atomic mass is 32.1. The second-order valence-electron chi connectivity index (χ2n) is 14.8. The molecule has 4 heterocycles. The summed E-state index contributed by atoms with van der Waals surface area (Å²) in [7, 11) is 0. The van der Waals surface area contributed by atoms with Crippen LogP contribution in [-0.4, -0.2) is 41.3 Å². The van der Waals surface area contributed by atoms with E-state index in [1.807, 2.05) is 97.1 Å². The SMILES string of the molecule is O=C(O)Cn1cc(Cc2nc3c(F)c(F)cc(F)c3s2)c2ccc(-c3ccccc3)cc21.O=C(O)Cn1cc(Cc2nc3c(F)c(F)cc(F)c3s2)c2ccc(-c3ccccc3)cc21. The van der Waals surface area contributed by atoms with E-state index in [9.17, 15) is 46.1 Å². The van der Waals surface area contributed by atoms with Gasteiger partial charge < -0.3 is 19.3 Å². The molecule has 320 valence electrons. The average Bonchev–Trinajstić information content (AvgIpc) is 4.07. The van der Waals surface area contributed by atoms with Crippen LogP contribution in [0.1, 0.15) is 21.1 Å². The van der Waals surface area contributed by atoms with Gasteiger partial charge in [-0.3, -0.25) is 9.59 Å². The molecule has 0 amide bonds. The number of benzene rings is 6. The monoisotopic (exact) mass is 904 g/mol. The number of hydrogen-bond donors (Lipinski definition) is 2. The number of carboxylic acid groups (broad SMARTS) is 2. The van der Waals surface area contributed by atoms with Crippen LogP contribution in [0.4, 0.5) is 26.3 Å². The standard InChI is InChI=1S/2C24H15F3N2O2S/c2*25-17-10-18(26)24-23(22(17)27)28-20(32-24)9-15-11-29(12-21(30)31)19-8-14(6-7-16(15)19)13-4-2-1-3-5-13/h2*1-8,10-11H,9,12H2,(H,30,31). The van der Waals surface area contributed by atoms with Crippen LogP contribution in [0.15, 0.2) is 122 Å². The van der Waals surface area contributed by atoms with E-state index in [4.69, 9.17) is 0 Å². The van der Waals surface area contributed by atoms with Crippen LogP contribution in [0.5, 0.6) is 0 Å². The van der Waals surface area contributed by atoms with Crippen molar-refractivity contribution in [1.82, 2.24) is 19.1 Å². The van der Waals surface area contributed by atoms with Crippen LogP contribution < -0.4 is 0 Å². The molecule has 0 fully saturated rings. The van der Waals surface area contributed by atoms with Crippen molar-refractivity contribution in [2.75, 3.05) is 0 Å². The summed E-state index contributed by atoms with van der Waals surface area (Å²) in [6.45, 7) is -0.466. The molecule has 0 unspecified atom stereocenters. The molecule has 0 bridgehead atoms. The van der Waals surface area contributed by atoms with Gasteiger partial charge in [0.05, 0.1) is 19.4 Å². The lowest BCUT2D eigenvalue weighted by Crippen LogP contribution is -2.07. The van der Waals surface area contributed by atoms with Crippen molar-refractivity contribution >= 4 is 76.9 Å². The maximum absolute atomic E-state index is 14.1. The maximum Gasteiger partial charge on any atom is 0.323 e. The summed E-state index contributed by atoms with van der Waals surface area (Å²) in [6, 6.07) is 32.0. The molecule has 8 nitrogen and oxygen atoms in total. The van der Waals surface area contributed by atoms with Crippen molar-refractivity contribution < 1.29 is 46.1 Å². The number of fused-ring (bicyclic) bond motifs is 4. The molecule has 0 spiro atoms. The van der Waals surface area contributed by atoms with Crippen LogP contribution in [0, 0.1) is 34.9 Å². The van der Waals surface area contributed by atoms with E-state index in [0.29, 0.717) is 22.1 Å². The largest absolute Gasteiger partial charge is 0.480 e. The lowest BCUT2D eigenvalue weighted by molar-refractivity contribution is -0.138. The molecule has 6 aromatic carbocycles. The molecule has 0 aliphatic carbocycles. The summed E-state index contributed by atoms with van der Waals surface area (Å²) in [4.78, 5) is 31.0. The summed E-state index contributed by atoms with van der Waals surface area (Å²) >= 11 is 1.91. The van der Waals surface area contributed by atoms with Gasteiger partial charge in [-0.2, -0.15) is 0 Å². The zero-order valence-corrected chi connectivity index (χ0v) is 34.6. The molecular weight excluding hydrogens is 875 g/mol. The fourth-order valence-electron chi connectivity index (χ4n) is 7.72. The van der Waals surface area contributed by atoms with Gasteiger partial charge in [0.2, 0.25) is 0 Å². The number of aromatic nitrogens is 4. The Morgan fingerprint density at radius 3 is 1.27 bits per heavy atom. The highest BCUT2D eigenvalue weighted by molar-refractivity contribution is 7.19.